The predicted molar refractivity (Wildman–Crippen MR) is 80.7 cm³/mol. The average Bonchev–Trinajstić information content (AvgIpc) is 3.03. The highest BCUT2D eigenvalue weighted by Crippen LogP contribution is 2.25. The van der Waals surface area contributed by atoms with Crippen LogP contribution in [0.2, 0.25) is 0 Å². The molecule has 6 nitrogen and oxygen atoms in total. The zero-order valence-corrected chi connectivity index (χ0v) is 12.9. The number of aromatic nitrogens is 5. The predicted octanol–water partition coefficient (Wildman–Crippen LogP) is 2.52. The highest BCUT2D eigenvalue weighted by atomic mass is 35.5. The zero-order valence-electron chi connectivity index (χ0n) is 12.1. The third-order valence-electron chi connectivity index (χ3n) is 3.40. The lowest BCUT2D eigenvalue weighted by Gasteiger charge is -2.10. The quantitative estimate of drug-likeness (QED) is 0.695. The highest BCUT2D eigenvalue weighted by molar-refractivity contribution is 6.20. The number of imidazole rings is 1. The molecule has 3 aromatic heterocycles. The van der Waals surface area contributed by atoms with Crippen molar-refractivity contribution in [1.29, 1.82) is 0 Å². The Morgan fingerprint density at radius 3 is 2.71 bits per heavy atom. The number of ether oxygens (including phenoxy) is 1. The molecule has 0 radical (unpaired) electrons. The number of fused-ring (bicyclic) bond motifs is 1. The van der Waals surface area contributed by atoms with Crippen LogP contribution in [0.25, 0.3) is 11.2 Å². The number of pyridine rings is 1. The van der Waals surface area contributed by atoms with Crippen molar-refractivity contribution < 1.29 is 4.74 Å². The number of nitrogens with zero attached hydrogens (tertiary/aromatic N) is 5. The van der Waals surface area contributed by atoms with Gasteiger partial charge in [-0.25, -0.2) is 4.98 Å². The van der Waals surface area contributed by atoms with Crippen LogP contribution in [0.15, 0.2) is 24.4 Å². The Kier molecular flexibility index (Phi) is 3.55. The first-order valence-electron chi connectivity index (χ1n) is 6.62. The summed E-state index contributed by atoms with van der Waals surface area (Å²) in [7, 11) is 3.51. The van der Waals surface area contributed by atoms with E-state index in [9.17, 15) is 0 Å². The van der Waals surface area contributed by atoms with Crippen molar-refractivity contribution in [1.82, 2.24) is 24.3 Å². The first kappa shape index (κ1) is 13.9. The maximum atomic E-state index is 6.27. The third-order valence-corrected chi connectivity index (χ3v) is 3.60. The van der Waals surface area contributed by atoms with Gasteiger partial charge in [0.25, 0.3) is 0 Å². The van der Waals surface area contributed by atoms with Crippen LogP contribution in [0.5, 0.6) is 5.88 Å². The van der Waals surface area contributed by atoms with E-state index in [0.29, 0.717) is 12.4 Å². The highest BCUT2D eigenvalue weighted by Gasteiger charge is 2.17. The van der Waals surface area contributed by atoms with E-state index >= 15 is 0 Å². The molecule has 21 heavy (non-hydrogen) atoms. The lowest BCUT2D eigenvalue weighted by Crippen LogP contribution is -2.10. The fourth-order valence-corrected chi connectivity index (χ4v) is 2.46. The standard InChI is InChI=1S/C14H16ClN5O/c1-9(15)13-17-11-4-5-12(21-3)18-14(11)20(13)8-10-6-7-16-19(10)2/h4-7,9H,8H2,1-3H3. The van der Waals surface area contributed by atoms with Gasteiger partial charge in [0.1, 0.15) is 11.3 Å². The van der Waals surface area contributed by atoms with E-state index in [1.807, 2.05) is 35.4 Å². The second-order valence-electron chi connectivity index (χ2n) is 4.81. The first-order valence-corrected chi connectivity index (χ1v) is 7.06. The molecule has 0 aromatic carbocycles. The summed E-state index contributed by atoms with van der Waals surface area (Å²) in [4.78, 5) is 9.08. The van der Waals surface area contributed by atoms with Crippen molar-refractivity contribution in [3.05, 3.63) is 35.9 Å². The lowest BCUT2D eigenvalue weighted by atomic mass is 10.3. The van der Waals surface area contributed by atoms with E-state index in [1.54, 1.807) is 19.4 Å². The largest absolute Gasteiger partial charge is 0.481 e. The van der Waals surface area contributed by atoms with Crippen molar-refractivity contribution >= 4 is 22.8 Å². The monoisotopic (exact) mass is 305 g/mol. The summed E-state index contributed by atoms with van der Waals surface area (Å²) in [5.74, 6) is 1.34. The van der Waals surface area contributed by atoms with Gasteiger partial charge in [-0.1, -0.05) is 0 Å². The van der Waals surface area contributed by atoms with Gasteiger partial charge in [-0.3, -0.25) is 4.68 Å². The number of hydrogen-bond acceptors (Lipinski definition) is 4. The molecule has 0 fully saturated rings. The smallest absolute Gasteiger partial charge is 0.215 e. The van der Waals surface area contributed by atoms with Gasteiger partial charge in [0.2, 0.25) is 5.88 Å². The van der Waals surface area contributed by atoms with Crippen LogP contribution in [0, 0.1) is 0 Å². The Morgan fingerprint density at radius 2 is 2.10 bits per heavy atom. The molecule has 0 saturated heterocycles. The summed E-state index contributed by atoms with van der Waals surface area (Å²) in [6, 6.07) is 5.66. The molecular formula is C14H16ClN5O. The summed E-state index contributed by atoms with van der Waals surface area (Å²) >= 11 is 6.27. The van der Waals surface area contributed by atoms with E-state index in [1.165, 1.54) is 0 Å². The molecule has 0 amide bonds. The van der Waals surface area contributed by atoms with Crippen LogP contribution in [0.4, 0.5) is 0 Å². The SMILES string of the molecule is COc1ccc2nc(C(C)Cl)n(Cc3ccnn3C)c2n1. The molecule has 3 heterocycles. The second kappa shape index (κ2) is 5.37. The third kappa shape index (κ3) is 2.47. The number of rotatable bonds is 4. The molecule has 1 atom stereocenters. The van der Waals surface area contributed by atoms with Crippen molar-refractivity contribution in [2.45, 2.75) is 18.8 Å². The Morgan fingerprint density at radius 1 is 1.29 bits per heavy atom. The fraction of sp³-hybridized carbons (Fsp3) is 0.357. The molecule has 0 aliphatic carbocycles. The van der Waals surface area contributed by atoms with Crippen molar-refractivity contribution in [2.24, 2.45) is 7.05 Å². The van der Waals surface area contributed by atoms with Crippen LogP contribution in [0.1, 0.15) is 23.8 Å². The maximum absolute atomic E-state index is 6.27. The Bertz CT molecular complexity index is 777. The van der Waals surface area contributed by atoms with Gasteiger partial charge in [-0.15, -0.1) is 11.6 Å². The molecule has 0 N–H and O–H groups in total. The molecule has 3 aromatic rings. The second-order valence-corrected chi connectivity index (χ2v) is 5.47. The van der Waals surface area contributed by atoms with Gasteiger partial charge in [-0.05, 0) is 19.1 Å². The van der Waals surface area contributed by atoms with Gasteiger partial charge < -0.3 is 9.30 Å². The summed E-state index contributed by atoms with van der Waals surface area (Å²) < 4.78 is 9.04. The fourth-order valence-electron chi connectivity index (χ4n) is 2.29. The number of hydrogen-bond donors (Lipinski definition) is 0. The van der Waals surface area contributed by atoms with Crippen LogP contribution < -0.4 is 4.74 Å². The van der Waals surface area contributed by atoms with Gasteiger partial charge in [0.15, 0.2) is 5.65 Å². The topological polar surface area (TPSA) is 57.8 Å². The minimum atomic E-state index is -0.210. The summed E-state index contributed by atoms with van der Waals surface area (Å²) in [5.41, 5.74) is 2.62. The van der Waals surface area contributed by atoms with E-state index in [2.05, 4.69) is 15.1 Å². The van der Waals surface area contributed by atoms with Crippen molar-refractivity contribution in [3.8, 4) is 5.88 Å². The van der Waals surface area contributed by atoms with Crippen molar-refractivity contribution in [2.75, 3.05) is 7.11 Å². The number of halogens is 1. The van der Waals surface area contributed by atoms with E-state index in [0.717, 1.165) is 22.7 Å². The van der Waals surface area contributed by atoms with E-state index < -0.39 is 0 Å². The number of methoxy groups -OCH3 is 1. The molecule has 0 aliphatic rings. The van der Waals surface area contributed by atoms with Gasteiger partial charge in [-0.2, -0.15) is 10.1 Å². The normalized spacial score (nSPS) is 12.8. The molecule has 0 bridgehead atoms. The van der Waals surface area contributed by atoms with E-state index in [-0.39, 0.29) is 5.38 Å². The van der Waals surface area contributed by atoms with Crippen LogP contribution in [-0.4, -0.2) is 31.4 Å². The van der Waals surface area contributed by atoms with Crippen LogP contribution in [-0.2, 0) is 13.6 Å². The first-order chi connectivity index (χ1) is 10.1. The summed E-state index contributed by atoms with van der Waals surface area (Å²) in [5, 5.41) is 3.98. The molecule has 0 saturated carbocycles. The average molecular weight is 306 g/mol. The van der Waals surface area contributed by atoms with Crippen LogP contribution in [0.3, 0.4) is 0 Å². The molecule has 110 valence electrons. The minimum absolute atomic E-state index is 0.210. The van der Waals surface area contributed by atoms with Crippen LogP contribution >= 0.6 is 11.6 Å². The molecule has 7 heteroatoms. The van der Waals surface area contributed by atoms with E-state index in [4.69, 9.17) is 16.3 Å². The summed E-state index contributed by atoms with van der Waals surface area (Å²) in [6.45, 7) is 2.51. The minimum Gasteiger partial charge on any atom is -0.481 e. The van der Waals surface area contributed by atoms with Gasteiger partial charge in [0, 0.05) is 19.3 Å². The number of alkyl halides is 1. The molecular weight excluding hydrogens is 290 g/mol. The molecule has 3 rings (SSSR count). The molecule has 1 unspecified atom stereocenters. The Hall–Kier alpha value is -2.08. The Balaban J connectivity index is 2.17. The van der Waals surface area contributed by atoms with Gasteiger partial charge in [0.05, 0.1) is 24.7 Å². The molecule has 0 aliphatic heterocycles. The summed E-state index contributed by atoms with van der Waals surface area (Å²) in [6.07, 6.45) is 1.77. The molecule has 0 spiro atoms. The number of aryl methyl sites for hydroxylation is 1. The van der Waals surface area contributed by atoms with Gasteiger partial charge >= 0.3 is 0 Å². The zero-order chi connectivity index (χ0) is 15.0. The Labute approximate surface area is 127 Å². The lowest BCUT2D eigenvalue weighted by molar-refractivity contribution is 0.399. The maximum Gasteiger partial charge on any atom is 0.215 e. The van der Waals surface area contributed by atoms with Crippen molar-refractivity contribution in [3.63, 3.8) is 0 Å².